The lowest BCUT2D eigenvalue weighted by Crippen LogP contribution is -2.24. The molecule has 0 saturated heterocycles. The molecule has 136 valence electrons. The number of nitrogens with one attached hydrogen (secondary N) is 1. The molecule has 1 aromatic carbocycles. The summed E-state index contributed by atoms with van der Waals surface area (Å²) in [5, 5.41) is 3.92. The molecule has 0 aliphatic heterocycles. The zero-order valence-corrected chi connectivity index (χ0v) is 15.3. The van der Waals surface area contributed by atoms with E-state index < -0.39 is 0 Å². The van der Waals surface area contributed by atoms with Crippen molar-refractivity contribution >= 4 is 16.8 Å². The summed E-state index contributed by atoms with van der Waals surface area (Å²) in [5.74, 6) is 0.616. The molecule has 0 spiro atoms. The molecule has 0 unspecified atom stereocenters. The van der Waals surface area contributed by atoms with Crippen LogP contribution in [0, 0.1) is 0 Å². The molecule has 26 heavy (non-hydrogen) atoms. The van der Waals surface area contributed by atoms with E-state index in [9.17, 15) is 4.79 Å². The highest BCUT2D eigenvalue weighted by Crippen LogP contribution is 2.25. The van der Waals surface area contributed by atoms with Crippen molar-refractivity contribution in [3.8, 4) is 11.5 Å². The number of unbranched alkanes of at least 4 members (excludes halogenated alkanes) is 5. The molecule has 0 saturated carbocycles. The molecule has 2 heterocycles. The maximum Gasteiger partial charge on any atom is 0.252 e. The third kappa shape index (κ3) is 4.51. The van der Waals surface area contributed by atoms with Crippen molar-refractivity contribution in [2.24, 2.45) is 0 Å². The Balaban J connectivity index is 1.70. The van der Waals surface area contributed by atoms with Gasteiger partial charge in [-0.2, -0.15) is 0 Å². The highest BCUT2D eigenvalue weighted by molar-refractivity contribution is 6.07. The smallest absolute Gasteiger partial charge is 0.252 e. The SMILES string of the molecule is CCCCCCCCNC(=O)c1cc(-c2ccco2)nc2ccccc12. The van der Waals surface area contributed by atoms with Crippen LogP contribution in [0.5, 0.6) is 0 Å². The van der Waals surface area contributed by atoms with Gasteiger partial charge in [-0.15, -0.1) is 0 Å². The van der Waals surface area contributed by atoms with E-state index in [-0.39, 0.29) is 5.91 Å². The van der Waals surface area contributed by atoms with Crippen LogP contribution in [-0.2, 0) is 0 Å². The van der Waals surface area contributed by atoms with Crippen LogP contribution in [0.3, 0.4) is 0 Å². The van der Waals surface area contributed by atoms with E-state index in [1.165, 1.54) is 25.7 Å². The maximum absolute atomic E-state index is 12.7. The maximum atomic E-state index is 12.7. The van der Waals surface area contributed by atoms with E-state index in [4.69, 9.17) is 4.42 Å². The standard InChI is InChI=1S/C22H26N2O2/c1-2-3-4-5-6-9-14-23-22(25)18-16-20(21-13-10-15-26-21)24-19-12-8-7-11-17(18)19/h7-8,10-13,15-16H,2-6,9,14H2,1H3,(H,23,25). The third-order valence-corrected chi connectivity index (χ3v) is 4.55. The van der Waals surface area contributed by atoms with Gasteiger partial charge in [-0.3, -0.25) is 4.79 Å². The van der Waals surface area contributed by atoms with E-state index in [0.29, 0.717) is 23.6 Å². The summed E-state index contributed by atoms with van der Waals surface area (Å²) >= 11 is 0. The lowest BCUT2D eigenvalue weighted by Gasteiger charge is -2.10. The minimum absolute atomic E-state index is 0.0510. The molecule has 0 atom stereocenters. The molecule has 4 nitrogen and oxygen atoms in total. The average molecular weight is 350 g/mol. The van der Waals surface area contributed by atoms with Crippen molar-refractivity contribution in [2.75, 3.05) is 6.54 Å². The Labute approximate surface area is 154 Å². The molecule has 0 aliphatic carbocycles. The molecule has 0 bridgehead atoms. The zero-order valence-electron chi connectivity index (χ0n) is 15.3. The quantitative estimate of drug-likeness (QED) is 0.512. The highest BCUT2D eigenvalue weighted by atomic mass is 16.3. The van der Waals surface area contributed by atoms with E-state index in [0.717, 1.165) is 23.7 Å². The van der Waals surface area contributed by atoms with Gasteiger partial charge < -0.3 is 9.73 Å². The third-order valence-electron chi connectivity index (χ3n) is 4.55. The summed E-state index contributed by atoms with van der Waals surface area (Å²) < 4.78 is 5.45. The number of carbonyl (C=O) groups excluding carboxylic acids is 1. The van der Waals surface area contributed by atoms with Crippen molar-refractivity contribution < 1.29 is 9.21 Å². The van der Waals surface area contributed by atoms with Crippen molar-refractivity contribution in [3.05, 3.63) is 54.3 Å². The van der Waals surface area contributed by atoms with Gasteiger partial charge in [0, 0.05) is 11.9 Å². The molecule has 1 N–H and O–H groups in total. The minimum atomic E-state index is -0.0510. The Morgan fingerprint density at radius 2 is 1.85 bits per heavy atom. The molecule has 0 aliphatic rings. The first-order chi connectivity index (χ1) is 12.8. The van der Waals surface area contributed by atoms with E-state index in [1.807, 2.05) is 42.5 Å². The fraction of sp³-hybridized carbons (Fsp3) is 0.364. The van der Waals surface area contributed by atoms with Crippen molar-refractivity contribution in [2.45, 2.75) is 45.4 Å². The van der Waals surface area contributed by atoms with Crippen LogP contribution in [0.1, 0.15) is 55.8 Å². The number of hydrogen-bond donors (Lipinski definition) is 1. The second kappa shape index (κ2) is 9.18. The lowest BCUT2D eigenvalue weighted by atomic mass is 10.1. The largest absolute Gasteiger partial charge is 0.463 e. The van der Waals surface area contributed by atoms with Gasteiger partial charge in [-0.25, -0.2) is 4.98 Å². The Morgan fingerprint density at radius 3 is 2.65 bits per heavy atom. The predicted molar refractivity (Wildman–Crippen MR) is 105 cm³/mol. The first-order valence-electron chi connectivity index (χ1n) is 9.51. The van der Waals surface area contributed by atoms with Crippen LogP contribution in [0.25, 0.3) is 22.4 Å². The van der Waals surface area contributed by atoms with E-state index in [1.54, 1.807) is 6.26 Å². The number of furan rings is 1. The van der Waals surface area contributed by atoms with Gasteiger partial charge in [0.25, 0.3) is 5.91 Å². The molecular weight excluding hydrogens is 324 g/mol. The van der Waals surface area contributed by atoms with Crippen LogP contribution in [-0.4, -0.2) is 17.4 Å². The predicted octanol–water partition coefficient (Wildman–Crippen LogP) is 5.59. The number of benzene rings is 1. The number of aromatic nitrogens is 1. The number of carbonyl (C=O) groups is 1. The number of pyridine rings is 1. The van der Waals surface area contributed by atoms with E-state index >= 15 is 0 Å². The molecule has 2 aromatic heterocycles. The Morgan fingerprint density at radius 1 is 1.04 bits per heavy atom. The first-order valence-corrected chi connectivity index (χ1v) is 9.51. The summed E-state index contributed by atoms with van der Waals surface area (Å²) in [4.78, 5) is 17.4. The number of para-hydroxylation sites is 1. The Hall–Kier alpha value is -2.62. The fourth-order valence-corrected chi connectivity index (χ4v) is 3.12. The Bertz CT molecular complexity index is 840. The number of amides is 1. The number of hydrogen-bond acceptors (Lipinski definition) is 3. The summed E-state index contributed by atoms with van der Waals surface area (Å²) in [5.41, 5.74) is 2.12. The second-order valence-electron chi connectivity index (χ2n) is 6.57. The van der Waals surface area contributed by atoms with Gasteiger partial charge in [-0.1, -0.05) is 57.2 Å². The van der Waals surface area contributed by atoms with Gasteiger partial charge in [-0.05, 0) is 30.7 Å². The molecule has 3 aromatic rings. The number of rotatable bonds is 9. The van der Waals surface area contributed by atoms with Crippen molar-refractivity contribution in [1.29, 1.82) is 0 Å². The molecule has 3 rings (SSSR count). The van der Waals surface area contributed by atoms with Crippen molar-refractivity contribution in [3.63, 3.8) is 0 Å². The van der Waals surface area contributed by atoms with Gasteiger partial charge >= 0.3 is 0 Å². The first kappa shape index (κ1) is 18.2. The molecule has 0 radical (unpaired) electrons. The summed E-state index contributed by atoms with van der Waals surface area (Å²) in [7, 11) is 0. The highest BCUT2D eigenvalue weighted by Gasteiger charge is 2.14. The van der Waals surface area contributed by atoms with Crippen LogP contribution < -0.4 is 5.32 Å². The van der Waals surface area contributed by atoms with Crippen molar-refractivity contribution in [1.82, 2.24) is 10.3 Å². The fourth-order valence-electron chi connectivity index (χ4n) is 3.12. The van der Waals surface area contributed by atoms with Crippen LogP contribution in [0.4, 0.5) is 0 Å². The normalized spacial score (nSPS) is 11.0. The second-order valence-corrected chi connectivity index (χ2v) is 6.57. The molecule has 1 amide bonds. The average Bonchev–Trinajstić information content (AvgIpc) is 3.21. The van der Waals surface area contributed by atoms with E-state index in [2.05, 4.69) is 17.2 Å². The Kier molecular flexibility index (Phi) is 6.42. The summed E-state index contributed by atoms with van der Waals surface area (Å²) in [6.07, 6.45) is 8.87. The van der Waals surface area contributed by atoms with Gasteiger partial charge in [0.1, 0.15) is 5.69 Å². The van der Waals surface area contributed by atoms with Gasteiger partial charge in [0.2, 0.25) is 0 Å². The summed E-state index contributed by atoms with van der Waals surface area (Å²) in [6, 6.07) is 13.2. The minimum Gasteiger partial charge on any atom is -0.463 e. The molecule has 0 fully saturated rings. The van der Waals surface area contributed by atoms with Crippen LogP contribution >= 0.6 is 0 Å². The van der Waals surface area contributed by atoms with Crippen LogP contribution in [0.2, 0.25) is 0 Å². The number of nitrogens with zero attached hydrogens (tertiary/aromatic N) is 1. The summed E-state index contributed by atoms with van der Waals surface area (Å²) in [6.45, 7) is 2.92. The number of fused-ring (bicyclic) bond motifs is 1. The topological polar surface area (TPSA) is 55.1 Å². The monoisotopic (exact) mass is 350 g/mol. The molecule has 4 heteroatoms. The lowest BCUT2D eigenvalue weighted by molar-refractivity contribution is 0.0954. The molecular formula is C22H26N2O2. The van der Waals surface area contributed by atoms with Crippen LogP contribution in [0.15, 0.2) is 53.1 Å². The zero-order chi connectivity index (χ0) is 18.2. The van der Waals surface area contributed by atoms with Gasteiger partial charge in [0.15, 0.2) is 5.76 Å². The van der Waals surface area contributed by atoms with Gasteiger partial charge in [0.05, 0.1) is 17.3 Å².